The molecule has 2 aromatic heterocycles. The van der Waals surface area contributed by atoms with E-state index in [0.717, 1.165) is 12.2 Å². The van der Waals surface area contributed by atoms with Crippen LogP contribution in [-0.2, 0) is 61.6 Å². The van der Waals surface area contributed by atoms with E-state index >= 15 is 0 Å². The standard InChI is InChI=1S/C23H26ClN5O4.C16H22ClN3O4.C11H19NO4.C8H17NO3.C8H13NO3.C7H12O3/c1-13-20(28-17-7-6-15(25-5)8-16(17)24)26-12-27-21(13)32-19-14-9-29(10-18(19)31-11-14)22(30)33-23(2,3)4;1-9-13(17)18-8-19-14(9)23-12-10-5-20(6-11(12)22-7-10)15(21)24-16(2,3)4;1-11(2,3)16-10(14)12-4-7-6-15-8(5-12)9(7)13;2*1-5(11-2)8-7(10)6(3-9)4-12-8;1-4(8-2)6-7-5(10-7)3-9-6/h6-8,12,14,18-19H,9-11H2,1-4H3,(H,26,27,28);8,10-12H,5-7H2,1-4H3;7-9,13H,4-6H2,1-3H3;5-8,10H,3-4,9H2,1-2H3;5-8,10H,4H2,1-2H3;4-7H,3H2,1-2H3/t;;7-,8-,9?;2*5?,6-,7?,8?;/m..111./s1. The highest BCUT2D eigenvalue weighted by molar-refractivity contribution is 6.33. The normalized spacial score (nSPS) is 30.7. The number of carbonyl (C=O) groups is 3. The summed E-state index contributed by atoms with van der Waals surface area (Å²) in [5, 5.41) is 41.5. The molecule has 596 valence electrons. The maximum absolute atomic E-state index is 12.5. The molecule has 10 saturated heterocycles. The Morgan fingerprint density at radius 1 is 0.617 bits per heavy atom. The summed E-state index contributed by atoms with van der Waals surface area (Å²) >= 11 is 12.3. The fourth-order valence-corrected chi connectivity index (χ4v) is 13.5. The van der Waals surface area contributed by atoms with Crippen LogP contribution in [0, 0.1) is 61.3 Å². The largest absolute Gasteiger partial charge is 0.471 e. The molecule has 0 aliphatic carbocycles. The lowest BCUT2D eigenvalue weighted by molar-refractivity contribution is -0.0568. The number of methoxy groups -OCH3 is 3. The molecule has 12 heterocycles. The van der Waals surface area contributed by atoms with E-state index in [0.29, 0.717) is 136 Å². The number of hydrogen-bond donors (Lipinski definition) is 5. The van der Waals surface area contributed by atoms with Crippen molar-refractivity contribution in [2.75, 3.05) is 112 Å². The van der Waals surface area contributed by atoms with E-state index < -0.39 is 41.0 Å². The van der Waals surface area contributed by atoms with E-state index in [4.69, 9.17) is 112 Å². The summed E-state index contributed by atoms with van der Waals surface area (Å²) in [6.07, 6.45) is -0.687. The predicted molar refractivity (Wildman–Crippen MR) is 388 cm³/mol. The Bertz CT molecular complexity index is 3470. The van der Waals surface area contributed by atoms with Crippen molar-refractivity contribution in [2.24, 2.45) is 35.3 Å². The molecule has 0 saturated carbocycles. The Labute approximate surface area is 636 Å². The first-order valence-electron chi connectivity index (χ1n) is 36.1. The number of aliphatic hydroxyl groups is 3. The van der Waals surface area contributed by atoms with Crippen molar-refractivity contribution in [3.8, 4) is 17.8 Å². The third kappa shape index (κ3) is 23.3. The minimum atomic E-state index is -0.718. The number of rotatable bonds is 13. The highest BCUT2D eigenvalue weighted by Gasteiger charge is 2.54. The summed E-state index contributed by atoms with van der Waals surface area (Å²) in [6.45, 7) is 39.6. The number of piperidine rings is 3. The first kappa shape index (κ1) is 86.2. The lowest BCUT2D eigenvalue weighted by atomic mass is 9.96. The van der Waals surface area contributed by atoms with Crippen molar-refractivity contribution in [1.29, 1.82) is 5.26 Å². The highest BCUT2D eigenvalue weighted by Crippen LogP contribution is 2.39. The number of hydrogen-bond acceptors (Lipinski definition) is 28. The summed E-state index contributed by atoms with van der Waals surface area (Å²) in [6, 6.07) is 7.01. The summed E-state index contributed by atoms with van der Waals surface area (Å²) in [7, 11) is 4.86. The maximum atomic E-state index is 12.5. The highest BCUT2D eigenvalue weighted by atomic mass is 35.5. The second-order valence-corrected chi connectivity index (χ2v) is 31.7. The molecule has 0 radical (unpaired) electrons. The Morgan fingerprint density at radius 2 is 1.07 bits per heavy atom. The van der Waals surface area contributed by atoms with Crippen LogP contribution in [0.5, 0.6) is 11.8 Å². The van der Waals surface area contributed by atoms with E-state index in [1.165, 1.54) is 12.7 Å². The second kappa shape index (κ2) is 38.0. The molecule has 10 aliphatic heterocycles. The van der Waals surface area contributed by atoms with Crippen molar-refractivity contribution in [3.05, 3.63) is 63.6 Å². The monoisotopic (exact) mass is 1550 g/mol. The molecule has 107 heavy (non-hydrogen) atoms. The van der Waals surface area contributed by atoms with Crippen molar-refractivity contribution in [2.45, 2.75) is 211 Å². The van der Waals surface area contributed by atoms with Gasteiger partial charge in [-0.05, 0) is 116 Å². The number of likely N-dealkylation sites (tertiary alicyclic amines) is 3. The van der Waals surface area contributed by atoms with E-state index in [1.807, 2.05) is 103 Å². The van der Waals surface area contributed by atoms with Gasteiger partial charge in [0.2, 0.25) is 11.8 Å². The van der Waals surface area contributed by atoms with Crippen LogP contribution in [0.15, 0.2) is 30.9 Å². The Morgan fingerprint density at radius 3 is 1.50 bits per heavy atom. The third-order valence-electron chi connectivity index (χ3n) is 19.4. The Balaban J connectivity index is 0.000000171. The van der Waals surface area contributed by atoms with Gasteiger partial charge in [0.15, 0.2) is 5.69 Å². The van der Waals surface area contributed by atoms with Crippen molar-refractivity contribution in [1.82, 2.24) is 34.6 Å². The molecule has 17 unspecified atom stereocenters. The van der Waals surface area contributed by atoms with Gasteiger partial charge in [-0.3, -0.25) is 0 Å². The lowest BCUT2D eigenvalue weighted by Crippen LogP contribution is -2.53. The lowest BCUT2D eigenvalue weighted by Gasteiger charge is -2.36. The Hall–Kier alpha value is -6.41. The van der Waals surface area contributed by atoms with E-state index in [-0.39, 0.29) is 109 Å². The number of amides is 3. The fraction of sp³-hybridized carbons (Fsp3) is 0.740. The van der Waals surface area contributed by atoms with Gasteiger partial charge in [0.1, 0.15) is 108 Å². The topological polar surface area (TPSA) is 381 Å². The number of halogens is 2. The number of nitrogens with zero attached hydrogens (tertiary/aromatic N) is 9. The zero-order chi connectivity index (χ0) is 78.6. The number of nitriles is 1. The van der Waals surface area contributed by atoms with Gasteiger partial charge in [0.25, 0.3) is 0 Å². The molecule has 1 aromatic carbocycles. The third-order valence-corrected chi connectivity index (χ3v) is 20.1. The molecule has 6 N–H and O–H groups in total. The number of aromatic nitrogens is 4. The average Bonchev–Trinajstić information content (AvgIpc) is 1.64. The zero-order valence-electron chi connectivity index (χ0n) is 64.3. The summed E-state index contributed by atoms with van der Waals surface area (Å²) in [5.74, 6) is 1.23. The van der Waals surface area contributed by atoms with Gasteiger partial charge in [0.05, 0.1) is 125 Å². The molecule has 34 heteroatoms. The SMILES string of the molecule is CC(C)(C)OC(=O)N1C[C@@H]2CO[C@H](C1)C2O.COC(C)C1OCC2OC21.COC(C)C1OC[C@@H](C#N)C1O.COC(C)C1OC[C@@H](CN)C1O.Cc1c(Cl)ncnc1OC1C2COC1CN(C(=O)OC(C)(C)C)C2.[C-]#[N+]c1ccc(Nc2ncnc(OC3C4COC3CN(C(=O)OC(C)(C)C)C4)c2C)c(Cl)c1. The van der Waals surface area contributed by atoms with E-state index in [9.17, 15) is 29.7 Å². The number of epoxide rings is 1. The fourth-order valence-electron chi connectivity index (χ4n) is 13.1. The number of nitrogens with one attached hydrogen (secondary N) is 1. The summed E-state index contributed by atoms with van der Waals surface area (Å²) in [5.41, 5.74) is 6.41. The van der Waals surface area contributed by atoms with E-state index in [1.54, 1.807) is 54.2 Å². The quantitative estimate of drug-likeness (QED) is 0.0486. The molecular weight excluding hydrogens is 1440 g/mol. The summed E-state index contributed by atoms with van der Waals surface area (Å²) < 4.78 is 82.1. The van der Waals surface area contributed by atoms with Crippen LogP contribution in [0.3, 0.4) is 0 Å². The van der Waals surface area contributed by atoms with Gasteiger partial charge in [-0.2, -0.15) is 5.26 Å². The van der Waals surface area contributed by atoms with Crippen LogP contribution in [0.2, 0.25) is 10.2 Å². The molecule has 32 nitrogen and oxygen atoms in total. The number of fused-ring (bicyclic) bond motifs is 7. The molecule has 10 aliphatic rings. The minimum absolute atomic E-state index is 0.0117. The minimum Gasteiger partial charge on any atom is -0.471 e. The van der Waals surface area contributed by atoms with Crippen molar-refractivity contribution >= 4 is 58.7 Å². The average molecular weight is 1550 g/mol. The van der Waals surface area contributed by atoms with Crippen LogP contribution < -0.4 is 20.5 Å². The predicted octanol–water partition coefficient (Wildman–Crippen LogP) is 7.27. The number of ether oxygens (including phenoxy) is 15. The molecule has 6 bridgehead atoms. The smallest absolute Gasteiger partial charge is 0.410 e. The van der Waals surface area contributed by atoms with Gasteiger partial charge >= 0.3 is 18.3 Å². The number of benzene rings is 1. The van der Waals surface area contributed by atoms with Gasteiger partial charge in [-0.1, -0.05) is 29.3 Å². The molecular formula is C73H109Cl2N11O21. The zero-order valence-corrected chi connectivity index (χ0v) is 65.8. The molecule has 21 atom stereocenters. The van der Waals surface area contributed by atoms with Crippen molar-refractivity contribution < 1.29 is 101 Å². The molecule has 3 aromatic rings. The van der Waals surface area contributed by atoms with Gasteiger partial charge in [-0.25, -0.2) is 39.2 Å². The number of carbonyl (C=O) groups excluding carboxylic acids is 3. The number of anilines is 2. The molecule has 13 rings (SSSR count). The molecule has 10 fully saturated rings. The summed E-state index contributed by atoms with van der Waals surface area (Å²) in [4.78, 5) is 61.6. The maximum Gasteiger partial charge on any atom is 0.410 e. The van der Waals surface area contributed by atoms with Gasteiger partial charge < -0.3 is 112 Å². The molecule has 0 spiro atoms. The van der Waals surface area contributed by atoms with Crippen LogP contribution in [0.4, 0.5) is 31.6 Å². The van der Waals surface area contributed by atoms with Crippen LogP contribution in [-0.4, -0.2) is 289 Å². The number of aliphatic hydroxyl groups excluding tert-OH is 3. The van der Waals surface area contributed by atoms with Crippen molar-refractivity contribution in [3.63, 3.8) is 0 Å². The van der Waals surface area contributed by atoms with Gasteiger partial charge in [-0.15, -0.1) is 0 Å². The molecule has 3 amide bonds. The van der Waals surface area contributed by atoms with Gasteiger partial charge in [0, 0.05) is 70.2 Å². The Kier molecular flexibility index (Phi) is 30.6. The first-order chi connectivity index (χ1) is 50.5. The van der Waals surface area contributed by atoms with E-state index in [2.05, 4.69) is 30.1 Å². The van der Waals surface area contributed by atoms with Crippen LogP contribution in [0.1, 0.15) is 94.2 Å². The second-order valence-electron chi connectivity index (χ2n) is 30.9. The van der Waals surface area contributed by atoms with Crippen LogP contribution >= 0.6 is 23.2 Å². The first-order valence-corrected chi connectivity index (χ1v) is 36.8. The number of nitrogens with two attached hydrogens (primary N) is 1. The van der Waals surface area contributed by atoms with Crippen LogP contribution in [0.25, 0.3) is 4.85 Å².